The maximum atomic E-state index is 12.0. The molecule has 1 atom stereocenters. The summed E-state index contributed by atoms with van der Waals surface area (Å²) in [6.45, 7) is 13.0. The molecule has 1 rings (SSSR count). The fourth-order valence-electron chi connectivity index (χ4n) is 2.69. The van der Waals surface area contributed by atoms with E-state index < -0.39 is 0 Å². The van der Waals surface area contributed by atoms with Crippen LogP contribution in [0.1, 0.15) is 50.4 Å². The number of hydrogen-bond acceptors (Lipinski definition) is 8. The highest BCUT2D eigenvalue weighted by molar-refractivity contribution is 5.89. The van der Waals surface area contributed by atoms with Crippen molar-refractivity contribution < 1.29 is 33.2 Å². The molecule has 0 radical (unpaired) electrons. The number of carbonyl (C=O) groups is 1. The number of nitrogens with one attached hydrogen (secondary N) is 1. The molecule has 1 N–H and O–H groups in total. The molecular weight excluding hydrogens is 438 g/mol. The van der Waals surface area contributed by atoms with Crippen LogP contribution >= 0.6 is 0 Å². The van der Waals surface area contributed by atoms with Gasteiger partial charge in [-0.25, -0.2) is 4.79 Å². The first kappa shape index (κ1) is 30.3. The number of unbranched alkanes of at least 4 members (excludes halogenated alkanes) is 1. The lowest BCUT2D eigenvalue weighted by molar-refractivity contribution is -0.0167. The maximum Gasteiger partial charge on any atom is 0.338 e. The number of benzene rings is 1. The second-order valence-electron chi connectivity index (χ2n) is 8.03. The third-order valence-corrected chi connectivity index (χ3v) is 5.03. The van der Waals surface area contributed by atoms with Gasteiger partial charge in [0.2, 0.25) is 0 Å². The van der Waals surface area contributed by atoms with Crippen molar-refractivity contribution in [1.29, 1.82) is 0 Å². The predicted molar refractivity (Wildman–Crippen MR) is 134 cm³/mol. The molecule has 1 aromatic rings. The average Bonchev–Trinajstić information content (AvgIpc) is 2.86. The van der Waals surface area contributed by atoms with Gasteiger partial charge in [0.1, 0.15) is 6.61 Å². The topological polar surface area (TPSA) is 84.5 Å². The van der Waals surface area contributed by atoms with E-state index in [4.69, 9.17) is 28.4 Å². The maximum absolute atomic E-state index is 12.0. The van der Waals surface area contributed by atoms with Crippen LogP contribution in [-0.4, -0.2) is 85.2 Å². The molecule has 0 fully saturated rings. The van der Waals surface area contributed by atoms with Crippen LogP contribution in [0.5, 0.6) is 0 Å². The molecule has 0 aliphatic heterocycles. The zero-order valence-electron chi connectivity index (χ0n) is 21.4. The summed E-state index contributed by atoms with van der Waals surface area (Å²) in [7, 11) is 0. The molecule has 0 spiro atoms. The molecule has 0 saturated carbocycles. The van der Waals surface area contributed by atoms with Gasteiger partial charge in [-0.2, -0.15) is 0 Å². The van der Waals surface area contributed by atoms with Crippen LogP contribution < -0.4 is 5.32 Å². The summed E-state index contributed by atoms with van der Waals surface area (Å²) < 4.78 is 32.5. The van der Waals surface area contributed by atoms with E-state index in [0.717, 1.165) is 38.1 Å². The van der Waals surface area contributed by atoms with E-state index in [-0.39, 0.29) is 12.6 Å². The normalized spacial score (nSPS) is 12.0. The highest BCUT2D eigenvalue weighted by Gasteiger charge is 2.06. The van der Waals surface area contributed by atoms with Gasteiger partial charge in [0.25, 0.3) is 0 Å². The van der Waals surface area contributed by atoms with Gasteiger partial charge in [0, 0.05) is 18.8 Å². The molecule has 0 amide bonds. The van der Waals surface area contributed by atoms with E-state index in [1.807, 2.05) is 12.1 Å². The number of esters is 1. The zero-order valence-corrected chi connectivity index (χ0v) is 21.4. The molecule has 0 saturated heterocycles. The molecule has 0 bridgehead atoms. The molecule has 0 aromatic heterocycles. The van der Waals surface area contributed by atoms with Crippen LogP contribution in [0.25, 0.3) is 0 Å². The van der Waals surface area contributed by atoms with Crippen LogP contribution in [-0.2, 0) is 28.4 Å². The molecular formula is C26H45NO7. The summed E-state index contributed by atoms with van der Waals surface area (Å²) in [5.41, 5.74) is 1.54. The number of anilines is 1. The highest BCUT2D eigenvalue weighted by atomic mass is 16.6. The summed E-state index contributed by atoms with van der Waals surface area (Å²) >= 11 is 0. The van der Waals surface area contributed by atoms with Crippen molar-refractivity contribution in [3.05, 3.63) is 29.8 Å². The Balaban J connectivity index is 1.85. The van der Waals surface area contributed by atoms with Gasteiger partial charge in [0.05, 0.1) is 65.0 Å². The van der Waals surface area contributed by atoms with Gasteiger partial charge in [-0.1, -0.05) is 33.6 Å². The van der Waals surface area contributed by atoms with Crippen molar-refractivity contribution in [3.63, 3.8) is 0 Å². The lowest BCUT2D eigenvalue weighted by Gasteiger charge is -2.10. The second-order valence-corrected chi connectivity index (χ2v) is 8.03. The summed E-state index contributed by atoms with van der Waals surface area (Å²) in [6, 6.07) is 7.31. The Labute approximate surface area is 205 Å². The monoisotopic (exact) mass is 483 g/mol. The van der Waals surface area contributed by atoms with E-state index in [1.165, 1.54) is 0 Å². The fourth-order valence-corrected chi connectivity index (χ4v) is 2.69. The van der Waals surface area contributed by atoms with E-state index in [9.17, 15) is 4.79 Å². The number of ether oxygens (including phenoxy) is 6. The average molecular weight is 484 g/mol. The molecule has 8 nitrogen and oxygen atoms in total. The Bertz CT molecular complexity index is 597. The van der Waals surface area contributed by atoms with Crippen LogP contribution in [0.4, 0.5) is 5.69 Å². The summed E-state index contributed by atoms with van der Waals surface area (Å²) in [5.74, 6) is 0.248. The minimum absolute atomic E-state index is 0.209. The van der Waals surface area contributed by atoms with Gasteiger partial charge >= 0.3 is 5.97 Å². The largest absolute Gasteiger partial charge is 0.460 e. The van der Waals surface area contributed by atoms with Gasteiger partial charge < -0.3 is 33.7 Å². The third kappa shape index (κ3) is 16.8. The van der Waals surface area contributed by atoms with Crippen molar-refractivity contribution in [2.24, 2.45) is 5.92 Å². The first-order chi connectivity index (χ1) is 16.7. The Morgan fingerprint density at radius 1 is 0.765 bits per heavy atom. The number of rotatable bonds is 23. The molecule has 8 heteroatoms. The Morgan fingerprint density at radius 3 is 1.76 bits per heavy atom. The molecule has 196 valence electrons. The van der Waals surface area contributed by atoms with Crippen LogP contribution in [0.15, 0.2) is 24.3 Å². The van der Waals surface area contributed by atoms with Gasteiger partial charge in [0.15, 0.2) is 0 Å². The quantitative estimate of drug-likeness (QED) is 0.183. The van der Waals surface area contributed by atoms with Crippen LogP contribution in [0.2, 0.25) is 0 Å². The molecule has 1 aromatic carbocycles. The lowest BCUT2D eigenvalue weighted by atomic mass is 10.1. The highest BCUT2D eigenvalue weighted by Crippen LogP contribution is 2.10. The van der Waals surface area contributed by atoms with Gasteiger partial charge in [-0.05, 0) is 36.6 Å². The Morgan fingerprint density at radius 2 is 1.26 bits per heavy atom. The SMILES string of the molecule is CCCCNc1ccc(C(=O)OCCOCCOCCOCCOCCOCC(C)CC)cc1. The molecule has 34 heavy (non-hydrogen) atoms. The standard InChI is InChI=1S/C26H45NO7/c1-4-6-11-27-25-9-7-24(8-10-25)26(28)34-21-20-32-17-16-30-13-12-29-14-15-31-18-19-33-22-23(3)5-2/h7-10,23,27H,4-6,11-22H2,1-3H3. The Hall–Kier alpha value is -1.71. The molecule has 0 aliphatic carbocycles. The van der Waals surface area contributed by atoms with E-state index in [2.05, 4.69) is 26.1 Å². The number of carbonyl (C=O) groups excluding carboxylic acids is 1. The van der Waals surface area contributed by atoms with E-state index in [0.29, 0.717) is 70.9 Å². The smallest absolute Gasteiger partial charge is 0.338 e. The third-order valence-electron chi connectivity index (χ3n) is 5.03. The van der Waals surface area contributed by atoms with Crippen LogP contribution in [0, 0.1) is 5.92 Å². The van der Waals surface area contributed by atoms with Crippen molar-refractivity contribution in [1.82, 2.24) is 0 Å². The second kappa shape index (κ2) is 21.8. The van der Waals surface area contributed by atoms with E-state index >= 15 is 0 Å². The van der Waals surface area contributed by atoms with Crippen LogP contribution in [0.3, 0.4) is 0 Å². The van der Waals surface area contributed by atoms with E-state index in [1.54, 1.807) is 12.1 Å². The first-order valence-corrected chi connectivity index (χ1v) is 12.6. The molecule has 0 aliphatic rings. The molecule has 1 unspecified atom stereocenters. The van der Waals surface area contributed by atoms with Gasteiger partial charge in [-0.3, -0.25) is 0 Å². The Kier molecular flexibility index (Phi) is 19.4. The minimum atomic E-state index is -0.347. The first-order valence-electron chi connectivity index (χ1n) is 12.6. The number of hydrogen-bond donors (Lipinski definition) is 1. The van der Waals surface area contributed by atoms with Crippen molar-refractivity contribution in [2.75, 3.05) is 84.5 Å². The lowest BCUT2D eigenvalue weighted by Crippen LogP contribution is -2.15. The summed E-state index contributed by atoms with van der Waals surface area (Å²) in [6.07, 6.45) is 3.39. The van der Waals surface area contributed by atoms with Gasteiger partial charge in [-0.15, -0.1) is 0 Å². The molecule has 0 heterocycles. The minimum Gasteiger partial charge on any atom is -0.460 e. The summed E-state index contributed by atoms with van der Waals surface area (Å²) in [4.78, 5) is 12.0. The predicted octanol–water partition coefficient (Wildman–Crippen LogP) is 4.18. The fraction of sp³-hybridized carbons (Fsp3) is 0.731. The van der Waals surface area contributed by atoms with Crippen molar-refractivity contribution >= 4 is 11.7 Å². The van der Waals surface area contributed by atoms with Crippen molar-refractivity contribution in [2.45, 2.75) is 40.0 Å². The van der Waals surface area contributed by atoms with Crippen molar-refractivity contribution in [3.8, 4) is 0 Å². The summed E-state index contributed by atoms with van der Waals surface area (Å²) in [5, 5.41) is 3.32. The zero-order chi connectivity index (χ0) is 24.7.